The van der Waals surface area contributed by atoms with Crippen LogP contribution < -0.4 is 5.43 Å². The predicted octanol–water partition coefficient (Wildman–Crippen LogP) is 1.73. The van der Waals surface area contributed by atoms with Crippen molar-refractivity contribution >= 4 is 17.5 Å². The maximum absolute atomic E-state index is 11.7. The van der Waals surface area contributed by atoms with Gasteiger partial charge in [-0.25, -0.2) is 0 Å². The molecule has 2 heterocycles. The normalized spacial score (nSPS) is 10.5. The largest absolute Gasteiger partial charge is 0.271 e. The highest BCUT2D eigenvalue weighted by Crippen LogP contribution is 2.18. The number of hydrogen-bond donors (Lipinski definition) is 1. The smallest absolute Gasteiger partial charge is 0.260 e. The standard InChI is InChI=1S/C11H13ClN4O/c1-8-11(12)9(2)16(13-8)7-10(17)14-15-5-3-4-6-15/h3-6H,7H2,1-2H3,(H,14,17). The zero-order valence-electron chi connectivity index (χ0n) is 9.64. The Balaban J connectivity index is 2.06. The lowest BCUT2D eigenvalue weighted by Gasteiger charge is -2.07. The Kier molecular flexibility index (Phi) is 3.19. The van der Waals surface area contributed by atoms with Crippen molar-refractivity contribution in [2.24, 2.45) is 0 Å². The molecule has 0 aliphatic heterocycles. The Bertz CT molecular complexity index is 530. The Morgan fingerprint density at radius 1 is 1.41 bits per heavy atom. The molecule has 0 fully saturated rings. The average molecular weight is 253 g/mol. The van der Waals surface area contributed by atoms with Gasteiger partial charge in [0.1, 0.15) is 6.54 Å². The summed E-state index contributed by atoms with van der Waals surface area (Å²) in [4.78, 5) is 11.7. The monoisotopic (exact) mass is 252 g/mol. The van der Waals surface area contributed by atoms with Gasteiger partial charge >= 0.3 is 0 Å². The lowest BCUT2D eigenvalue weighted by molar-refractivity contribution is -0.117. The summed E-state index contributed by atoms with van der Waals surface area (Å²) in [6, 6.07) is 3.67. The van der Waals surface area contributed by atoms with Gasteiger partial charge in [-0.05, 0) is 26.0 Å². The van der Waals surface area contributed by atoms with E-state index in [2.05, 4.69) is 10.5 Å². The fourth-order valence-electron chi connectivity index (χ4n) is 1.55. The number of halogens is 1. The van der Waals surface area contributed by atoms with Gasteiger partial charge in [-0.2, -0.15) is 5.10 Å². The van der Waals surface area contributed by atoms with Gasteiger partial charge in [-0.15, -0.1) is 0 Å². The van der Waals surface area contributed by atoms with Crippen LogP contribution in [0.25, 0.3) is 0 Å². The fourth-order valence-corrected chi connectivity index (χ4v) is 1.69. The van der Waals surface area contributed by atoms with Crippen molar-refractivity contribution in [3.63, 3.8) is 0 Å². The fraction of sp³-hybridized carbons (Fsp3) is 0.273. The number of nitrogens with zero attached hydrogens (tertiary/aromatic N) is 3. The first-order chi connectivity index (χ1) is 8.08. The van der Waals surface area contributed by atoms with Crippen LogP contribution in [0.15, 0.2) is 24.5 Å². The molecule has 0 spiro atoms. The third-order valence-electron chi connectivity index (χ3n) is 2.44. The van der Waals surface area contributed by atoms with E-state index < -0.39 is 0 Å². The molecule has 2 aromatic rings. The van der Waals surface area contributed by atoms with Gasteiger partial charge in [-0.3, -0.25) is 19.6 Å². The molecule has 0 bridgehead atoms. The van der Waals surface area contributed by atoms with Crippen molar-refractivity contribution in [3.05, 3.63) is 40.9 Å². The van der Waals surface area contributed by atoms with E-state index in [1.54, 1.807) is 21.8 Å². The number of nitrogens with one attached hydrogen (secondary N) is 1. The molecule has 2 aromatic heterocycles. The maximum Gasteiger partial charge on any atom is 0.260 e. The average Bonchev–Trinajstić information content (AvgIpc) is 2.85. The van der Waals surface area contributed by atoms with Crippen molar-refractivity contribution < 1.29 is 4.79 Å². The van der Waals surface area contributed by atoms with Crippen molar-refractivity contribution in [1.29, 1.82) is 0 Å². The third-order valence-corrected chi connectivity index (χ3v) is 2.99. The lowest BCUT2D eigenvalue weighted by Crippen LogP contribution is -2.26. The zero-order chi connectivity index (χ0) is 12.4. The summed E-state index contributed by atoms with van der Waals surface area (Å²) in [5.74, 6) is -0.150. The van der Waals surface area contributed by atoms with E-state index in [9.17, 15) is 4.79 Å². The van der Waals surface area contributed by atoms with Crippen LogP contribution in [0, 0.1) is 13.8 Å². The minimum atomic E-state index is -0.150. The third kappa shape index (κ3) is 2.50. The van der Waals surface area contributed by atoms with E-state index >= 15 is 0 Å². The van der Waals surface area contributed by atoms with Gasteiger partial charge in [0.05, 0.1) is 16.4 Å². The second-order valence-electron chi connectivity index (χ2n) is 3.77. The van der Waals surface area contributed by atoms with Crippen LogP contribution in [0.3, 0.4) is 0 Å². The van der Waals surface area contributed by atoms with Gasteiger partial charge in [0.15, 0.2) is 0 Å². The van der Waals surface area contributed by atoms with Crippen molar-refractivity contribution in [2.75, 3.05) is 5.43 Å². The lowest BCUT2D eigenvalue weighted by atomic mass is 10.4. The quantitative estimate of drug-likeness (QED) is 0.904. The Morgan fingerprint density at radius 3 is 2.59 bits per heavy atom. The molecule has 0 saturated carbocycles. The van der Waals surface area contributed by atoms with Gasteiger partial charge in [0, 0.05) is 12.4 Å². The molecule has 1 amide bonds. The Morgan fingerprint density at radius 2 is 2.06 bits per heavy atom. The van der Waals surface area contributed by atoms with Crippen LogP contribution in [-0.2, 0) is 11.3 Å². The number of carbonyl (C=O) groups excluding carboxylic acids is 1. The van der Waals surface area contributed by atoms with Crippen LogP contribution in [0.1, 0.15) is 11.4 Å². The summed E-state index contributed by atoms with van der Waals surface area (Å²) in [6.07, 6.45) is 3.51. The van der Waals surface area contributed by atoms with Gasteiger partial charge in [-0.1, -0.05) is 11.6 Å². The summed E-state index contributed by atoms with van der Waals surface area (Å²) in [5, 5.41) is 4.80. The molecule has 0 atom stereocenters. The summed E-state index contributed by atoms with van der Waals surface area (Å²) in [6.45, 7) is 3.80. The van der Waals surface area contributed by atoms with E-state index in [4.69, 9.17) is 11.6 Å². The van der Waals surface area contributed by atoms with Crippen molar-refractivity contribution in [1.82, 2.24) is 14.5 Å². The zero-order valence-corrected chi connectivity index (χ0v) is 10.4. The minimum Gasteiger partial charge on any atom is -0.271 e. The number of amides is 1. The van der Waals surface area contributed by atoms with Crippen LogP contribution in [-0.4, -0.2) is 20.4 Å². The Labute approximate surface area is 104 Å². The van der Waals surface area contributed by atoms with Gasteiger partial charge < -0.3 is 0 Å². The molecule has 90 valence electrons. The van der Waals surface area contributed by atoms with Crippen molar-refractivity contribution in [3.8, 4) is 0 Å². The van der Waals surface area contributed by atoms with E-state index in [-0.39, 0.29) is 12.5 Å². The predicted molar refractivity (Wildman–Crippen MR) is 65.5 cm³/mol. The Hall–Kier alpha value is -1.75. The minimum absolute atomic E-state index is 0.150. The molecule has 0 aromatic carbocycles. The molecular weight excluding hydrogens is 240 g/mol. The number of aromatic nitrogens is 3. The number of carbonyl (C=O) groups is 1. The number of rotatable bonds is 3. The summed E-state index contributed by atoms with van der Waals surface area (Å²) < 4.78 is 3.19. The first-order valence-corrected chi connectivity index (χ1v) is 5.58. The number of aryl methyl sites for hydroxylation is 1. The molecule has 6 heteroatoms. The molecule has 5 nitrogen and oxygen atoms in total. The molecule has 0 unspecified atom stereocenters. The topological polar surface area (TPSA) is 51.9 Å². The first-order valence-electron chi connectivity index (χ1n) is 5.20. The summed E-state index contributed by atoms with van der Waals surface area (Å²) in [7, 11) is 0. The SMILES string of the molecule is Cc1nn(CC(=O)Nn2cccc2)c(C)c1Cl. The summed E-state index contributed by atoms with van der Waals surface area (Å²) in [5.41, 5.74) is 4.23. The molecule has 2 rings (SSSR count). The highest BCUT2D eigenvalue weighted by molar-refractivity contribution is 6.31. The number of hydrogen-bond acceptors (Lipinski definition) is 2. The van der Waals surface area contributed by atoms with E-state index in [1.165, 1.54) is 0 Å². The molecule has 17 heavy (non-hydrogen) atoms. The van der Waals surface area contributed by atoms with Crippen LogP contribution >= 0.6 is 11.6 Å². The first kappa shape index (κ1) is 11.7. The van der Waals surface area contributed by atoms with Crippen LogP contribution in [0.4, 0.5) is 0 Å². The van der Waals surface area contributed by atoms with Gasteiger partial charge in [0.2, 0.25) is 0 Å². The van der Waals surface area contributed by atoms with Gasteiger partial charge in [0.25, 0.3) is 5.91 Å². The van der Waals surface area contributed by atoms with Crippen molar-refractivity contribution in [2.45, 2.75) is 20.4 Å². The molecule has 0 aliphatic rings. The second kappa shape index (κ2) is 4.63. The van der Waals surface area contributed by atoms with Crippen LogP contribution in [0.2, 0.25) is 5.02 Å². The highest BCUT2D eigenvalue weighted by Gasteiger charge is 2.11. The molecule has 0 aliphatic carbocycles. The molecule has 1 N–H and O–H groups in total. The molecule has 0 saturated heterocycles. The second-order valence-corrected chi connectivity index (χ2v) is 4.15. The van der Waals surface area contributed by atoms with E-state index in [0.717, 1.165) is 11.4 Å². The highest BCUT2D eigenvalue weighted by atomic mass is 35.5. The van der Waals surface area contributed by atoms with Crippen LogP contribution in [0.5, 0.6) is 0 Å². The van der Waals surface area contributed by atoms with E-state index in [1.807, 2.05) is 26.0 Å². The molecule has 0 radical (unpaired) electrons. The maximum atomic E-state index is 11.7. The molecular formula is C11H13ClN4O. The van der Waals surface area contributed by atoms with E-state index in [0.29, 0.717) is 5.02 Å². The summed E-state index contributed by atoms with van der Waals surface area (Å²) >= 11 is 6.00.